The zero-order valence-electron chi connectivity index (χ0n) is 12.4. The lowest BCUT2D eigenvalue weighted by Gasteiger charge is -2.18. The van der Waals surface area contributed by atoms with Crippen molar-refractivity contribution < 1.29 is 17.9 Å². The molecule has 5 nitrogen and oxygen atoms in total. The molecule has 0 saturated carbocycles. The molecular formula is C16H16ClNO4S. The Labute approximate surface area is 140 Å². The molecule has 0 aromatic heterocycles. The Morgan fingerprint density at radius 2 is 1.74 bits per heavy atom. The molecule has 0 amide bonds. The lowest BCUT2D eigenvalue weighted by molar-refractivity contribution is -0.141. The van der Waals surface area contributed by atoms with Gasteiger partial charge in [0.1, 0.15) is 4.90 Å². The molecule has 1 N–H and O–H groups in total. The molecule has 0 aliphatic heterocycles. The van der Waals surface area contributed by atoms with Crippen LogP contribution in [-0.4, -0.2) is 21.5 Å². The van der Waals surface area contributed by atoms with Gasteiger partial charge in [-0.2, -0.15) is 0 Å². The fourth-order valence-electron chi connectivity index (χ4n) is 2.08. The fraction of sp³-hybridized carbons (Fsp3) is 0.188. The molecule has 0 heterocycles. The van der Waals surface area contributed by atoms with Gasteiger partial charge in [0.2, 0.25) is 10.0 Å². The maximum absolute atomic E-state index is 12.6. The van der Waals surface area contributed by atoms with E-state index in [1.165, 1.54) is 19.2 Å². The van der Waals surface area contributed by atoms with Crippen molar-refractivity contribution in [3.8, 4) is 0 Å². The topological polar surface area (TPSA) is 72.5 Å². The van der Waals surface area contributed by atoms with Crippen LogP contribution in [0.5, 0.6) is 0 Å². The SMILES string of the molecule is COC(=O)CC(NS(=O)(=O)c1ccccc1Cl)c1ccccc1. The van der Waals surface area contributed by atoms with Crippen LogP contribution in [0.3, 0.4) is 0 Å². The van der Waals surface area contributed by atoms with Gasteiger partial charge in [-0.1, -0.05) is 54.1 Å². The number of benzene rings is 2. The van der Waals surface area contributed by atoms with Crippen molar-refractivity contribution in [3.05, 3.63) is 65.2 Å². The van der Waals surface area contributed by atoms with Gasteiger partial charge >= 0.3 is 5.97 Å². The summed E-state index contributed by atoms with van der Waals surface area (Å²) in [6.07, 6.45) is -0.121. The van der Waals surface area contributed by atoms with E-state index in [2.05, 4.69) is 9.46 Å². The number of rotatable bonds is 6. The normalized spacial score (nSPS) is 12.6. The highest BCUT2D eigenvalue weighted by molar-refractivity contribution is 7.89. The molecule has 2 rings (SSSR count). The standard InChI is InChI=1S/C16H16ClNO4S/c1-22-16(19)11-14(12-7-3-2-4-8-12)18-23(20,21)15-10-6-5-9-13(15)17/h2-10,14,18H,11H2,1H3. The van der Waals surface area contributed by atoms with Gasteiger partial charge in [0.15, 0.2) is 0 Å². The minimum Gasteiger partial charge on any atom is -0.469 e. The van der Waals surface area contributed by atoms with Gasteiger partial charge in [0.05, 0.1) is 24.6 Å². The molecule has 0 saturated heterocycles. The number of halogens is 1. The predicted molar refractivity (Wildman–Crippen MR) is 87.6 cm³/mol. The average Bonchev–Trinajstić information content (AvgIpc) is 2.55. The minimum atomic E-state index is -3.88. The van der Waals surface area contributed by atoms with Crippen LogP contribution >= 0.6 is 11.6 Å². The second kappa shape index (κ2) is 7.59. The number of methoxy groups -OCH3 is 1. The summed E-state index contributed by atoms with van der Waals surface area (Å²) in [5.74, 6) is -0.513. The van der Waals surface area contributed by atoms with E-state index in [1.54, 1.807) is 42.5 Å². The molecule has 1 atom stereocenters. The summed E-state index contributed by atoms with van der Waals surface area (Å²) >= 11 is 5.96. The van der Waals surface area contributed by atoms with Crippen molar-refractivity contribution >= 4 is 27.6 Å². The molecule has 0 fully saturated rings. The van der Waals surface area contributed by atoms with Crippen LogP contribution in [0.25, 0.3) is 0 Å². The van der Waals surface area contributed by atoms with Gasteiger partial charge in [-0.25, -0.2) is 13.1 Å². The first-order valence-corrected chi connectivity index (χ1v) is 8.69. The van der Waals surface area contributed by atoms with Crippen molar-refractivity contribution in [1.29, 1.82) is 0 Å². The Morgan fingerprint density at radius 1 is 1.13 bits per heavy atom. The number of hydrogen-bond acceptors (Lipinski definition) is 4. The summed E-state index contributed by atoms with van der Waals surface area (Å²) in [4.78, 5) is 11.6. The van der Waals surface area contributed by atoms with E-state index in [0.29, 0.717) is 5.56 Å². The Balaban J connectivity index is 2.34. The highest BCUT2D eigenvalue weighted by Crippen LogP contribution is 2.24. The van der Waals surface area contributed by atoms with Crippen LogP contribution in [0.4, 0.5) is 0 Å². The third-order valence-corrected chi connectivity index (χ3v) is 5.20. The molecule has 0 bridgehead atoms. The lowest BCUT2D eigenvalue weighted by Crippen LogP contribution is -2.30. The monoisotopic (exact) mass is 353 g/mol. The Hall–Kier alpha value is -1.89. The number of esters is 1. The number of sulfonamides is 1. The highest BCUT2D eigenvalue weighted by atomic mass is 35.5. The van der Waals surface area contributed by atoms with Crippen molar-refractivity contribution in [2.45, 2.75) is 17.4 Å². The van der Waals surface area contributed by atoms with E-state index in [4.69, 9.17) is 11.6 Å². The largest absolute Gasteiger partial charge is 0.469 e. The Kier molecular flexibility index (Phi) is 5.76. The Bertz CT molecular complexity index is 778. The van der Waals surface area contributed by atoms with Gasteiger partial charge in [-0.3, -0.25) is 4.79 Å². The molecule has 0 spiro atoms. The van der Waals surface area contributed by atoms with Gasteiger partial charge < -0.3 is 4.74 Å². The van der Waals surface area contributed by atoms with Gasteiger partial charge in [-0.05, 0) is 17.7 Å². The average molecular weight is 354 g/mol. The number of hydrogen-bond donors (Lipinski definition) is 1. The van der Waals surface area contributed by atoms with Crippen molar-refractivity contribution in [2.24, 2.45) is 0 Å². The third kappa shape index (κ3) is 4.54. The van der Waals surface area contributed by atoms with E-state index in [9.17, 15) is 13.2 Å². The quantitative estimate of drug-likeness (QED) is 0.810. The van der Waals surface area contributed by atoms with Gasteiger partial charge in [0, 0.05) is 0 Å². The fourth-order valence-corrected chi connectivity index (χ4v) is 3.82. The number of ether oxygens (including phenoxy) is 1. The van der Waals surface area contributed by atoms with Crippen LogP contribution < -0.4 is 4.72 Å². The summed E-state index contributed by atoms with van der Waals surface area (Å²) in [5.41, 5.74) is 0.661. The zero-order chi connectivity index (χ0) is 16.9. The first-order valence-electron chi connectivity index (χ1n) is 6.82. The maximum atomic E-state index is 12.6. The van der Waals surface area contributed by atoms with E-state index < -0.39 is 22.0 Å². The van der Waals surface area contributed by atoms with Gasteiger partial charge in [0.25, 0.3) is 0 Å². The molecule has 2 aromatic carbocycles. The molecule has 0 aliphatic carbocycles. The number of carbonyl (C=O) groups excluding carboxylic acids is 1. The summed E-state index contributed by atoms with van der Waals surface area (Å²) in [7, 11) is -2.62. The number of carbonyl (C=O) groups is 1. The van der Waals surface area contributed by atoms with Crippen LogP contribution in [0.15, 0.2) is 59.5 Å². The summed E-state index contributed by atoms with van der Waals surface area (Å²) in [5, 5.41) is 0.116. The minimum absolute atomic E-state index is 0.0348. The molecule has 1 unspecified atom stereocenters. The first kappa shape index (κ1) is 17.5. The molecule has 23 heavy (non-hydrogen) atoms. The molecular weight excluding hydrogens is 338 g/mol. The summed E-state index contributed by atoms with van der Waals surface area (Å²) in [6.45, 7) is 0. The molecule has 122 valence electrons. The van der Waals surface area contributed by atoms with Crippen LogP contribution in [0.2, 0.25) is 5.02 Å². The molecule has 0 radical (unpaired) electrons. The predicted octanol–water partition coefficient (Wildman–Crippen LogP) is 2.92. The lowest BCUT2D eigenvalue weighted by atomic mass is 10.1. The smallest absolute Gasteiger partial charge is 0.307 e. The third-order valence-electron chi connectivity index (χ3n) is 3.22. The van der Waals surface area contributed by atoms with Crippen LogP contribution in [-0.2, 0) is 19.6 Å². The summed E-state index contributed by atoms with van der Waals surface area (Å²) in [6, 6.07) is 14.2. The first-order chi connectivity index (χ1) is 10.9. The number of nitrogens with one attached hydrogen (secondary N) is 1. The van der Waals surface area contributed by atoms with Crippen molar-refractivity contribution in [2.75, 3.05) is 7.11 Å². The zero-order valence-corrected chi connectivity index (χ0v) is 14.0. The van der Waals surface area contributed by atoms with Gasteiger partial charge in [-0.15, -0.1) is 0 Å². The maximum Gasteiger partial charge on any atom is 0.307 e. The Morgan fingerprint density at radius 3 is 2.35 bits per heavy atom. The van der Waals surface area contributed by atoms with Crippen LogP contribution in [0, 0.1) is 0 Å². The highest BCUT2D eigenvalue weighted by Gasteiger charge is 2.25. The molecule has 7 heteroatoms. The second-order valence-electron chi connectivity index (χ2n) is 4.80. The van der Waals surface area contributed by atoms with Crippen LogP contribution in [0.1, 0.15) is 18.0 Å². The summed E-state index contributed by atoms with van der Waals surface area (Å²) < 4.78 is 32.3. The van der Waals surface area contributed by atoms with Crippen molar-refractivity contribution in [3.63, 3.8) is 0 Å². The van der Waals surface area contributed by atoms with Crippen molar-refractivity contribution in [1.82, 2.24) is 4.72 Å². The van der Waals surface area contributed by atoms with E-state index in [-0.39, 0.29) is 16.3 Å². The molecule has 0 aliphatic rings. The second-order valence-corrected chi connectivity index (χ2v) is 6.88. The van der Waals surface area contributed by atoms with E-state index >= 15 is 0 Å². The van der Waals surface area contributed by atoms with E-state index in [0.717, 1.165) is 0 Å². The van der Waals surface area contributed by atoms with E-state index in [1.807, 2.05) is 0 Å². The molecule has 2 aromatic rings.